The molecule has 0 saturated heterocycles. The molecule has 140 valence electrons. The normalized spacial score (nSPS) is 11.6. The fourth-order valence-corrected chi connectivity index (χ4v) is 2.80. The molecule has 0 unspecified atom stereocenters. The van der Waals surface area contributed by atoms with Crippen LogP contribution in [-0.2, 0) is 6.42 Å². The fourth-order valence-electron chi connectivity index (χ4n) is 2.80. The summed E-state index contributed by atoms with van der Waals surface area (Å²) in [5.74, 6) is -1.01. The number of fused-ring (bicyclic) bond motifs is 1. The van der Waals surface area contributed by atoms with E-state index < -0.39 is 11.7 Å². The molecule has 1 aromatic heterocycles. The second-order valence-corrected chi connectivity index (χ2v) is 7.78. The molecule has 0 spiro atoms. The summed E-state index contributed by atoms with van der Waals surface area (Å²) in [7, 11) is 0. The van der Waals surface area contributed by atoms with E-state index in [0.717, 1.165) is 10.9 Å². The third-order valence-corrected chi connectivity index (χ3v) is 4.20. The van der Waals surface area contributed by atoms with Crippen LogP contribution >= 0.6 is 0 Å². The highest BCUT2D eigenvalue weighted by Crippen LogP contribution is 2.19. The summed E-state index contributed by atoms with van der Waals surface area (Å²) in [6.07, 6.45) is 0.372. The van der Waals surface area contributed by atoms with Gasteiger partial charge in [-0.2, -0.15) is 5.10 Å². The molecule has 0 saturated carbocycles. The summed E-state index contributed by atoms with van der Waals surface area (Å²) >= 11 is 0. The minimum atomic E-state index is -0.565. The lowest BCUT2D eigenvalue weighted by atomic mass is 9.96. The molecule has 27 heavy (non-hydrogen) atoms. The van der Waals surface area contributed by atoms with Crippen molar-refractivity contribution in [1.82, 2.24) is 15.5 Å². The molecular weight excluding hydrogens is 345 g/mol. The van der Waals surface area contributed by atoms with Crippen molar-refractivity contribution < 1.29 is 9.18 Å². The number of aromatic nitrogens is 2. The van der Waals surface area contributed by atoms with Crippen LogP contribution in [0, 0.1) is 11.2 Å². The Hall–Kier alpha value is -3.02. The van der Waals surface area contributed by atoms with Gasteiger partial charge in [-0.05, 0) is 29.2 Å². The molecule has 6 heteroatoms. The molecule has 0 aliphatic carbocycles. The van der Waals surface area contributed by atoms with Gasteiger partial charge < -0.3 is 5.32 Å². The van der Waals surface area contributed by atoms with E-state index in [2.05, 4.69) is 15.5 Å². The van der Waals surface area contributed by atoms with E-state index in [1.807, 2.05) is 32.9 Å². The van der Waals surface area contributed by atoms with E-state index >= 15 is 0 Å². The van der Waals surface area contributed by atoms with Gasteiger partial charge in [0, 0.05) is 18.4 Å². The minimum Gasteiger partial charge on any atom is -0.351 e. The molecular formula is C21H22FN3O2. The summed E-state index contributed by atoms with van der Waals surface area (Å²) in [4.78, 5) is 24.3. The van der Waals surface area contributed by atoms with Crippen molar-refractivity contribution in [3.8, 4) is 0 Å². The smallest absolute Gasteiger partial charge is 0.272 e. The minimum absolute atomic E-state index is 0.00507. The first kappa shape index (κ1) is 18.8. The molecule has 3 rings (SSSR count). The number of aromatic amines is 1. The van der Waals surface area contributed by atoms with E-state index in [-0.39, 0.29) is 16.5 Å². The lowest BCUT2D eigenvalue weighted by Gasteiger charge is -2.19. The number of nitrogens with zero attached hydrogens (tertiary/aromatic N) is 1. The molecule has 1 heterocycles. The van der Waals surface area contributed by atoms with Crippen LogP contribution in [0.3, 0.4) is 0 Å². The highest BCUT2D eigenvalue weighted by molar-refractivity contribution is 5.94. The summed E-state index contributed by atoms with van der Waals surface area (Å²) in [5.41, 5.74) is 1.06. The number of halogens is 1. The Kier molecular flexibility index (Phi) is 5.08. The second kappa shape index (κ2) is 7.31. The van der Waals surface area contributed by atoms with E-state index in [0.29, 0.717) is 24.0 Å². The van der Waals surface area contributed by atoms with Crippen molar-refractivity contribution in [3.63, 3.8) is 0 Å². The first-order chi connectivity index (χ1) is 12.7. The van der Waals surface area contributed by atoms with E-state index in [1.54, 1.807) is 18.2 Å². The molecule has 0 aliphatic heterocycles. The van der Waals surface area contributed by atoms with E-state index in [4.69, 9.17) is 0 Å². The van der Waals surface area contributed by atoms with Crippen LogP contribution < -0.4 is 10.9 Å². The Morgan fingerprint density at radius 1 is 1.15 bits per heavy atom. The zero-order valence-electron chi connectivity index (χ0n) is 15.6. The van der Waals surface area contributed by atoms with Gasteiger partial charge in [0.2, 0.25) is 0 Å². The van der Waals surface area contributed by atoms with Gasteiger partial charge in [0.25, 0.3) is 11.5 Å². The molecule has 2 aromatic carbocycles. The quantitative estimate of drug-likeness (QED) is 0.742. The third kappa shape index (κ3) is 4.39. The highest BCUT2D eigenvalue weighted by Gasteiger charge is 2.17. The fraction of sp³-hybridized carbons (Fsp3) is 0.286. The maximum atomic E-state index is 14.2. The lowest BCUT2D eigenvalue weighted by molar-refractivity contribution is 0.0935. The van der Waals surface area contributed by atoms with Gasteiger partial charge in [-0.15, -0.1) is 0 Å². The van der Waals surface area contributed by atoms with Crippen LogP contribution in [0.1, 0.15) is 42.4 Å². The van der Waals surface area contributed by atoms with Crippen molar-refractivity contribution in [2.24, 2.45) is 5.41 Å². The average molecular weight is 367 g/mol. The third-order valence-electron chi connectivity index (χ3n) is 4.20. The molecule has 0 radical (unpaired) electrons. The van der Waals surface area contributed by atoms with Crippen molar-refractivity contribution in [3.05, 3.63) is 75.5 Å². The molecule has 3 aromatic rings. The number of benzene rings is 2. The summed E-state index contributed by atoms with van der Waals surface area (Å²) < 4.78 is 14.2. The van der Waals surface area contributed by atoms with Gasteiger partial charge >= 0.3 is 0 Å². The topological polar surface area (TPSA) is 74.8 Å². The predicted octanol–water partition coefficient (Wildman–Crippen LogP) is 3.43. The standard InChI is InChI=1S/C21H22FN3O2/c1-21(2,3)12-23-19(26)16-10-13(8-9-17(16)22)11-18-14-6-4-5-7-15(14)20(27)25-24-18/h4-10H,11-12H2,1-3H3,(H,23,26)(H,25,27). The molecule has 1 amide bonds. The van der Waals surface area contributed by atoms with Gasteiger partial charge in [0.1, 0.15) is 5.82 Å². The van der Waals surface area contributed by atoms with E-state index in [9.17, 15) is 14.0 Å². The van der Waals surface area contributed by atoms with Crippen LogP contribution in [0.2, 0.25) is 0 Å². The average Bonchev–Trinajstić information content (AvgIpc) is 2.63. The zero-order chi connectivity index (χ0) is 19.6. The van der Waals surface area contributed by atoms with Gasteiger partial charge in [-0.25, -0.2) is 9.49 Å². The number of hydrogen-bond acceptors (Lipinski definition) is 3. The van der Waals surface area contributed by atoms with Gasteiger partial charge in [0.05, 0.1) is 16.6 Å². The number of carbonyl (C=O) groups is 1. The van der Waals surface area contributed by atoms with Crippen molar-refractivity contribution in [1.29, 1.82) is 0 Å². The monoisotopic (exact) mass is 367 g/mol. The maximum Gasteiger partial charge on any atom is 0.272 e. The molecule has 0 fully saturated rings. The molecule has 0 bridgehead atoms. The van der Waals surface area contributed by atoms with Crippen LogP contribution in [0.15, 0.2) is 47.3 Å². The zero-order valence-corrected chi connectivity index (χ0v) is 15.6. The number of hydrogen-bond donors (Lipinski definition) is 2. The van der Waals surface area contributed by atoms with Crippen molar-refractivity contribution >= 4 is 16.7 Å². The molecule has 0 atom stereocenters. The number of amides is 1. The summed E-state index contributed by atoms with van der Waals surface area (Å²) in [5, 5.41) is 10.7. The van der Waals surface area contributed by atoms with Crippen molar-refractivity contribution in [2.45, 2.75) is 27.2 Å². The number of carbonyl (C=O) groups excluding carboxylic acids is 1. The van der Waals surface area contributed by atoms with Crippen molar-refractivity contribution in [2.75, 3.05) is 6.54 Å². The number of H-pyrrole nitrogens is 1. The maximum absolute atomic E-state index is 14.2. The first-order valence-electron chi connectivity index (χ1n) is 8.77. The lowest BCUT2D eigenvalue weighted by Crippen LogP contribution is -2.32. The molecule has 2 N–H and O–H groups in total. The second-order valence-electron chi connectivity index (χ2n) is 7.78. The molecule has 5 nitrogen and oxygen atoms in total. The number of nitrogens with one attached hydrogen (secondary N) is 2. The van der Waals surface area contributed by atoms with Crippen LogP contribution in [-0.4, -0.2) is 22.6 Å². The molecule has 0 aliphatic rings. The predicted molar refractivity (Wildman–Crippen MR) is 103 cm³/mol. The van der Waals surface area contributed by atoms with E-state index in [1.165, 1.54) is 12.1 Å². The van der Waals surface area contributed by atoms with Crippen LogP contribution in [0.5, 0.6) is 0 Å². The van der Waals surface area contributed by atoms with Gasteiger partial charge in [0.15, 0.2) is 0 Å². The highest BCUT2D eigenvalue weighted by atomic mass is 19.1. The SMILES string of the molecule is CC(C)(C)CNC(=O)c1cc(Cc2n[nH]c(=O)c3ccccc23)ccc1F. The van der Waals surface area contributed by atoms with Gasteiger partial charge in [-0.3, -0.25) is 9.59 Å². The van der Waals surface area contributed by atoms with Crippen LogP contribution in [0.4, 0.5) is 4.39 Å². The first-order valence-corrected chi connectivity index (χ1v) is 8.77. The Bertz CT molecular complexity index is 1050. The Morgan fingerprint density at radius 2 is 1.85 bits per heavy atom. The largest absolute Gasteiger partial charge is 0.351 e. The van der Waals surface area contributed by atoms with Crippen LogP contribution in [0.25, 0.3) is 10.8 Å². The number of rotatable bonds is 4. The summed E-state index contributed by atoms with van der Waals surface area (Å²) in [6, 6.07) is 11.6. The Morgan fingerprint density at radius 3 is 2.56 bits per heavy atom. The van der Waals surface area contributed by atoms with Gasteiger partial charge in [-0.1, -0.05) is 45.0 Å². The Labute approximate surface area is 156 Å². The summed E-state index contributed by atoms with van der Waals surface area (Å²) in [6.45, 7) is 6.43. The Balaban J connectivity index is 1.90.